The highest BCUT2D eigenvalue weighted by atomic mass is 79.9. The van der Waals surface area contributed by atoms with Crippen LogP contribution >= 0.6 is 15.9 Å². The number of carbonyl (C=O) groups is 1. The number of carbonyl (C=O) groups excluding carboxylic acids is 1. The van der Waals surface area contributed by atoms with Gasteiger partial charge in [0.15, 0.2) is 10.5 Å². The third-order valence-corrected chi connectivity index (χ3v) is 3.12. The van der Waals surface area contributed by atoms with Crippen LogP contribution < -0.4 is 0 Å². The van der Waals surface area contributed by atoms with Crippen LogP contribution in [-0.4, -0.2) is 18.5 Å². The van der Waals surface area contributed by atoms with Gasteiger partial charge in [0.25, 0.3) is 0 Å². The molecule has 4 heteroatoms. The molecule has 0 N–H and O–H groups in total. The van der Waals surface area contributed by atoms with E-state index in [1.807, 2.05) is 6.07 Å². The van der Waals surface area contributed by atoms with Crippen molar-refractivity contribution in [2.24, 2.45) is 5.92 Å². The predicted molar refractivity (Wildman–Crippen MR) is 58.6 cm³/mol. The Kier molecular flexibility index (Phi) is 3.26. The van der Waals surface area contributed by atoms with Crippen molar-refractivity contribution in [1.29, 1.82) is 0 Å². The number of ether oxygens (including phenoxy) is 1. The number of Topliss-reactive ketones (excluding diaryl/α,β-unsaturated/α-hetero) is 1. The Morgan fingerprint density at radius 1 is 1.67 bits per heavy atom. The number of hydrogen-bond donors (Lipinski definition) is 0. The number of rotatable bonds is 3. The summed E-state index contributed by atoms with van der Waals surface area (Å²) >= 11 is 3.21. The summed E-state index contributed by atoms with van der Waals surface area (Å²) in [6.07, 6.45) is 2.75. The lowest BCUT2D eigenvalue weighted by Crippen LogP contribution is -2.26. The molecule has 0 aliphatic carbocycles. The van der Waals surface area contributed by atoms with Gasteiger partial charge in [0.05, 0.1) is 6.26 Å². The molecule has 0 spiro atoms. The van der Waals surface area contributed by atoms with Gasteiger partial charge in [-0.05, 0) is 39.9 Å². The molecule has 3 nitrogen and oxygen atoms in total. The van der Waals surface area contributed by atoms with E-state index in [0.29, 0.717) is 23.6 Å². The molecule has 0 bridgehead atoms. The van der Waals surface area contributed by atoms with Gasteiger partial charge in [-0.1, -0.05) is 6.92 Å². The first-order valence-corrected chi connectivity index (χ1v) is 5.83. The van der Waals surface area contributed by atoms with E-state index in [9.17, 15) is 4.79 Å². The maximum atomic E-state index is 11.9. The lowest BCUT2D eigenvalue weighted by Gasteiger charge is -2.11. The molecule has 1 aromatic rings. The van der Waals surface area contributed by atoms with Gasteiger partial charge in [-0.25, -0.2) is 0 Å². The summed E-state index contributed by atoms with van der Waals surface area (Å²) in [6.45, 7) is 2.76. The predicted octanol–water partition coefficient (Wildman–Crippen LogP) is 2.58. The van der Waals surface area contributed by atoms with Crippen molar-refractivity contribution in [1.82, 2.24) is 0 Å². The van der Waals surface area contributed by atoms with Gasteiger partial charge < -0.3 is 9.15 Å². The molecule has 0 aromatic carbocycles. The summed E-state index contributed by atoms with van der Waals surface area (Å²) in [5, 5.41) is 0. The number of hydrogen-bond acceptors (Lipinski definition) is 3. The number of ketones is 1. The normalized spacial score (nSPS) is 25.7. The molecule has 1 fully saturated rings. The van der Waals surface area contributed by atoms with Crippen LogP contribution in [0.15, 0.2) is 21.4 Å². The summed E-state index contributed by atoms with van der Waals surface area (Å²) in [6, 6.07) is 1.82. The molecule has 0 radical (unpaired) electrons. The zero-order chi connectivity index (χ0) is 10.8. The molecule has 0 saturated carbocycles. The third-order valence-electron chi connectivity index (χ3n) is 2.70. The highest BCUT2D eigenvalue weighted by Crippen LogP contribution is 2.23. The smallest absolute Gasteiger partial charge is 0.169 e. The van der Waals surface area contributed by atoms with E-state index >= 15 is 0 Å². The Balaban J connectivity index is 1.97. The number of halogens is 1. The van der Waals surface area contributed by atoms with Crippen LogP contribution in [0, 0.1) is 5.92 Å². The van der Waals surface area contributed by atoms with E-state index < -0.39 is 0 Å². The first kappa shape index (κ1) is 10.9. The van der Waals surface area contributed by atoms with Gasteiger partial charge in [0, 0.05) is 13.0 Å². The zero-order valence-corrected chi connectivity index (χ0v) is 10.1. The van der Waals surface area contributed by atoms with Crippen LogP contribution in [0.2, 0.25) is 0 Å². The molecular weight excluding hydrogens is 260 g/mol. The summed E-state index contributed by atoms with van der Waals surface area (Å²) in [4.78, 5) is 11.9. The molecule has 2 atom stereocenters. The second kappa shape index (κ2) is 4.49. The molecule has 15 heavy (non-hydrogen) atoms. The third kappa shape index (κ3) is 2.49. The molecule has 1 aliphatic heterocycles. The van der Waals surface area contributed by atoms with Gasteiger partial charge in [-0.15, -0.1) is 0 Å². The molecule has 0 amide bonds. The van der Waals surface area contributed by atoms with Crippen molar-refractivity contribution in [3.05, 3.63) is 22.6 Å². The van der Waals surface area contributed by atoms with Gasteiger partial charge in [0.2, 0.25) is 0 Å². The summed E-state index contributed by atoms with van der Waals surface area (Å²) in [5.74, 6) is 0.487. The largest absolute Gasteiger partial charge is 0.457 e. The summed E-state index contributed by atoms with van der Waals surface area (Å²) in [7, 11) is 0. The van der Waals surface area contributed by atoms with Crippen molar-refractivity contribution < 1.29 is 13.9 Å². The zero-order valence-electron chi connectivity index (χ0n) is 8.53. The Morgan fingerprint density at radius 2 is 2.47 bits per heavy atom. The lowest BCUT2D eigenvalue weighted by atomic mass is 9.97. The molecular formula is C11H13BrO3. The maximum absolute atomic E-state index is 11.9. The molecule has 82 valence electrons. The molecule has 2 unspecified atom stereocenters. The molecule has 2 rings (SSSR count). The standard InChI is InChI=1S/C11H13BrO3/c1-7-2-3-14-11(7)9(13)4-8-5-10(12)15-6-8/h5-7,11H,2-4H2,1H3. The van der Waals surface area contributed by atoms with Crippen LogP contribution in [-0.2, 0) is 16.0 Å². The SMILES string of the molecule is CC1CCOC1C(=O)Cc1coc(Br)c1. The molecule has 2 heterocycles. The van der Waals surface area contributed by atoms with Crippen molar-refractivity contribution >= 4 is 21.7 Å². The lowest BCUT2D eigenvalue weighted by molar-refractivity contribution is -0.128. The fraction of sp³-hybridized carbons (Fsp3) is 0.545. The summed E-state index contributed by atoms with van der Waals surface area (Å²) < 4.78 is 11.2. The van der Waals surface area contributed by atoms with Crippen LogP contribution in [0.4, 0.5) is 0 Å². The second-order valence-electron chi connectivity index (χ2n) is 3.96. The van der Waals surface area contributed by atoms with E-state index in [-0.39, 0.29) is 11.9 Å². The monoisotopic (exact) mass is 272 g/mol. The molecule has 1 aromatic heterocycles. The van der Waals surface area contributed by atoms with Crippen LogP contribution in [0.3, 0.4) is 0 Å². The van der Waals surface area contributed by atoms with E-state index in [0.717, 1.165) is 12.0 Å². The van der Waals surface area contributed by atoms with E-state index in [1.165, 1.54) is 0 Å². The maximum Gasteiger partial charge on any atom is 0.169 e. The minimum atomic E-state index is -0.223. The minimum Gasteiger partial charge on any atom is -0.457 e. The molecule has 1 aliphatic rings. The van der Waals surface area contributed by atoms with Crippen molar-refractivity contribution in [2.75, 3.05) is 6.61 Å². The van der Waals surface area contributed by atoms with Crippen molar-refractivity contribution in [3.63, 3.8) is 0 Å². The average Bonchev–Trinajstić information content (AvgIpc) is 2.75. The highest BCUT2D eigenvalue weighted by Gasteiger charge is 2.30. The fourth-order valence-corrected chi connectivity index (χ4v) is 2.23. The van der Waals surface area contributed by atoms with E-state index in [2.05, 4.69) is 22.9 Å². The Morgan fingerprint density at radius 3 is 3.00 bits per heavy atom. The Hall–Kier alpha value is -0.610. The Bertz CT molecular complexity index is 358. The fourth-order valence-electron chi connectivity index (χ4n) is 1.85. The van der Waals surface area contributed by atoms with E-state index in [1.54, 1.807) is 6.26 Å². The molecule has 1 saturated heterocycles. The first-order valence-electron chi connectivity index (χ1n) is 5.04. The number of furan rings is 1. The van der Waals surface area contributed by atoms with Crippen LogP contribution in [0.25, 0.3) is 0 Å². The highest BCUT2D eigenvalue weighted by molar-refractivity contribution is 9.10. The average molecular weight is 273 g/mol. The van der Waals surface area contributed by atoms with Gasteiger partial charge in [0.1, 0.15) is 6.10 Å². The van der Waals surface area contributed by atoms with Gasteiger partial charge in [-0.2, -0.15) is 0 Å². The van der Waals surface area contributed by atoms with Crippen molar-refractivity contribution in [2.45, 2.75) is 25.9 Å². The van der Waals surface area contributed by atoms with Gasteiger partial charge in [-0.3, -0.25) is 4.79 Å². The first-order chi connectivity index (χ1) is 7.16. The minimum absolute atomic E-state index is 0.147. The topological polar surface area (TPSA) is 39.4 Å². The quantitative estimate of drug-likeness (QED) is 0.849. The second-order valence-corrected chi connectivity index (χ2v) is 4.74. The summed E-state index contributed by atoms with van der Waals surface area (Å²) in [5.41, 5.74) is 0.898. The van der Waals surface area contributed by atoms with E-state index in [4.69, 9.17) is 9.15 Å². The van der Waals surface area contributed by atoms with Gasteiger partial charge >= 0.3 is 0 Å². The van der Waals surface area contributed by atoms with Crippen LogP contribution in [0.1, 0.15) is 18.9 Å². The Labute approximate surface area is 96.9 Å². The van der Waals surface area contributed by atoms with Crippen molar-refractivity contribution in [3.8, 4) is 0 Å². The van der Waals surface area contributed by atoms with Crippen LogP contribution in [0.5, 0.6) is 0 Å².